The summed E-state index contributed by atoms with van der Waals surface area (Å²) >= 11 is 0. The van der Waals surface area contributed by atoms with Gasteiger partial charge in [-0.15, -0.1) is 0 Å². The first kappa shape index (κ1) is 25.7. The first-order valence-corrected chi connectivity index (χ1v) is 9.90. The quantitative estimate of drug-likeness (QED) is 0.428. The van der Waals surface area contributed by atoms with E-state index in [1.165, 1.54) is 48.1 Å². The lowest BCUT2D eigenvalue weighted by atomic mass is 10.3. The first-order valence-electron chi connectivity index (χ1n) is 7.38. The van der Waals surface area contributed by atoms with Gasteiger partial charge in [-0.3, -0.25) is 14.2 Å². The third kappa shape index (κ3) is 17.1. The predicted octanol–water partition coefficient (Wildman–Crippen LogP) is 1.21. The topological polar surface area (TPSA) is 122 Å². The van der Waals surface area contributed by atoms with Gasteiger partial charge < -0.3 is 18.7 Å². The van der Waals surface area contributed by atoms with Crippen LogP contribution in [-0.4, -0.2) is 69.4 Å². The number of rotatable bonds is 9. The molecule has 0 saturated carbocycles. The lowest BCUT2D eigenvalue weighted by molar-refractivity contribution is -0.156. The van der Waals surface area contributed by atoms with Crippen LogP contribution in [0.3, 0.4) is 0 Å². The summed E-state index contributed by atoms with van der Waals surface area (Å²) in [4.78, 5) is 42.9. The van der Waals surface area contributed by atoms with Gasteiger partial charge in [0.1, 0.15) is 6.61 Å². The van der Waals surface area contributed by atoms with Crippen LogP contribution in [0.1, 0.15) is 27.7 Å². The maximum Gasteiger partial charge on any atom is 0.333 e. The second-order valence-corrected chi connectivity index (χ2v) is 8.21. The molecule has 0 rings (SSSR count). The maximum absolute atomic E-state index is 11.0. The minimum Gasteiger partial charge on any atom is -0.453 e. The molecule has 9 nitrogen and oxygen atoms in total. The molecule has 0 aliphatic carbocycles. The van der Waals surface area contributed by atoms with Crippen LogP contribution in [0.5, 0.6) is 0 Å². The van der Waals surface area contributed by atoms with Crippen molar-refractivity contribution >= 4 is 30.9 Å². The SMILES string of the molecule is CC(=O)C(C)OC(=O)COP(C)(C)=O.COCC(=O)OC(C)C(C)=O. The molecule has 0 amide bonds. The second-order valence-electron chi connectivity index (χ2n) is 5.44. The minimum atomic E-state index is -2.67. The van der Waals surface area contributed by atoms with E-state index in [-0.39, 0.29) is 24.8 Å². The van der Waals surface area contributed by atoms with Gasteiger partial charge in [0.2, 0.25) is 0 Å². The Morgan fingerprint density at radius 1 is 0.840 bits per heavy atom. The Labute approximate surface area is 147 Å². The third-order valence-electron chi connectivity index (χ3n) is 2.52. The van der Waals surface area contributed by atoms with Crippen LogP contribution in [0, 0.1) is 0 Å². The highest BCUT2D eigenvalue weighted by Gasteiger charge is 2.16. The van der Waals surface area contributed by atoms with Crippen molar-refractivity contribution in [2.45, 2.75) is 39.9 Å². The van der Waals surface area contributed by atoms with Gasteiger partial charge in [-0.2, -0.15) is 0 Å². The number of hydrogen-bond donors (Lipinski definition) is 0. The van der Waals surface area contributed by atoms with Gasteiger partial charge in [0.15, 0.2) is 37.8 Å². The van der Waals surface area contributed by atoms with Crippen molar-refractivity contribution in [2.75, 3.05) is 33.7 Å². The molecule has 0 aromatic rings. The lowest BCUT2D eigenvalue weighted by Gasteiger charge is -2.11. The maximum atomic E-state index is 11.0. The molecule has 0 aliphatic rings. The molecule has 2 atom stereocenters. The summed E-state index contributed by atoms with van der Waals surface area (Å²) < 4.78 is 29.6. The molecule has 2 unspecified atom stereocenters. The van der Waals surface area contributed by atoms with Gasteiger partial charge in [-0.25, -0.2) is 9.59 Å². The van der Waals surface area contributed by atoms with Crippen LogP contribution in [-0.2, 0) is 42.5 Å². The van der Waals surface area contributed by atoms with Crippen molar-refractivity contribution < 1.29 is 42.5 Å². The molecular weight excluding hydrogens is 355 g/mol. The number of methoxy groups -OCH3 is 1. The Balaban J connectivity index is 0. The predicted molar refractivity (Wildman–Crippen MR) is 89.8 cm³/mol. The van der Waals surface area contributed by atoms with Crippen LogP contribution in [0.4, 0.5) is 0 Å². The van der Waals surface area contributed by atoms with Gasteiger partial charge >= 0.3 is 11.9 Å². The second kappa shape index (κ2) is 12.7. The average Bonchev–Trinajstić information content (AvgIpc) is 2.45. The van der Waals surface area contributed by atoms with Gasteiger partial charge in [-0.1, -0.05) is 0 Å². The smallest absolute Gasteiger partial charge is 0.333 e. The zero-order valence-electron chi connectivity index (χ0n) is 15.7. The Kier molecular flexibility index (Phi) is 13.1. The fourth-order valence-corrected chi connectivity index (χ4v) is 1.37. The minimum absolute atomic E-state index is 0.113. The molecule has 25 heavy (non-hydrogen) atoms. The summed E-state index contributed by atoms with van der Waals surface area (Å²) in [7, 11) is -1.28. The number of carbonyl (C=O) groups excluding carboxylic acids is 4. The van der Waals surface area contributed by atoms with E-state index in [1.54, 1.807) is 0 Å². The van der Waals surface area contributed by atoms with E-state index in [4.69, 9.17) is 4.52 Å². The monoisotopic (exact) mass is 382 g/mol. The highest BCUT2D eigenvalue weighted by Crippen LogP contribution is 2.36. The number of Topliss-reactive ketones (excluding diaryl/α,β-unsaturated/α-hetero) is 2. The van der Waals surface area contributed by atoms with Crippen LogP contribution < -0.4 is 0 Å². The molecule has 0 bridgehead atoms. The van der Waals surface area contributed by atoms with Gasteiger partial charge in [0.25, 0.3) is 0 Å². The van der Waals surface area contributed by atoms with Crippen LogP contribution >= 0.6 is 7.37 Å². The molecule has 0 fully saturated rings. The summed E-state index contributed by atoms with van der Waals surface area (Å²) in [5, 5.41) is 0. The zero-order valence-corrected chi connectivity index (χ0v) is 16.6. The number of esters is 2. The van der Waals surface area contributed by atoms with Crippen LogP contribution in [0.2, 0.25) is 0 Å². The Morgan fingerprint density at radius 2 is 1.20 bits per heavy atom. The molecule has 0 aliphatic heterocycles. The Hall–Kier alpha value is -1.57. The molecular formula is C15H27O9P. The molecule has 0 aromatic carbocycles. The number of hydrogen-bond acceptors (Lipinski definition) is 9. The standard InChI is InChI=1S/C8H15O5P.C7H12O4/c1-6(9)7(2)13-8(10)5-12-14(3,4)11;1-5(8)6(2)11-7(9)4-10-3/h7H,5H2,1-4H3;6H,4H2,1-3H3. The van der Waals surface area contributed by atoms with Crippen molar-refractivity contribution in [3.63, 3.8) is 0 Å². The lowest BCUT2D eigenvalue weighted by Crippen LogP contribution is -2.24. The largest absolute Gasteiger partial charge is 0.453 e. The van der Waals surface area contributed by atoms with E-state index in [1.807, 2.05) is 0 Å². The van der Waals surface area contributed by atoms with Crippen LogP contribution in [0.15, 0.2) is 0 Å². The van der Waals surface area contributed by atoms with E-state index >= 15 is 0 Å². The molecule has 0 aromatic heterocycles. The molecule has 10 heteroatoms. The highest BCUT2D eigenvalue weighted by molar-refractivity contribution is 7.57. The zero-order chi connectivity index (χ0) is 20.2. The van der Waals surface area contributed by atoms with Crippen molar-refractivity contribution in [3.8, 4) is 0 Å². The first-order chi connectivity index (χ1) is 11.3. The average molecular weight is 382 g/mol. The Morgan fingerprint density at radius 3 is 1.48 bits per heavy atom. The number of ketones is 2. The molecule has 0 N–H and O–H groups in total. The summed E-state index contributed by atoms with van der Waals surface area (Å²) in [5.41, 5.74) is 0. The fourth-order valence-electron chi connectivity index (χ4n) is 0.954. The fraction of sp³-hybridized carbons (Fsp3) is 0.733. The van der Waals surface area contributed by atoms with Crippen molar-refractivity contribution in [1.29, 1.82) is 0 Å². The van der Waals surface area contributed by atoms with Crippen molar-refractivity contribution in [1.82, 2.24) is 0 Å². The molecule has 0 saturated heterocycles. The molecule has 0 spiro atoms. The third-order valence-corrected chi connectivity index (χ3v) is 3.27. The molecule has 0 radical (unpaired) electrons. The number of ether oxygens (including phenoxy) is 3. The molecule has 0 heterocycles. The highest BCUT2D eigenvalue weighted by atomic mass is 31.2. The normalized spacial score (nSPS) is 12.9. The van der Waals surface area contributed by atoms with E-state index in [0.29, 0.717) is 0 Å². The Bertz CT molecular complexity index is 509. The van der Waals surface area contributed by atoms with E-state index < -0.39 is 31.5 Å². The summed E-state index contributed by atoms with van der Waals surface area (Å²) in [6, 6.07) is 0. The van der Waals surface area contributed by atoms with Gasteiger partial charge in [-0.05, 0) is 27.7 Å². The van der Waals surface area contributed by atoms with Crippen molar-refractivity contribution in [2.24, 2.45) is 0 Å². The van der Waals surface area contributed by atoms with Crippen molar-refractivity contribution in [3.05, 3.63) is 0 Å². The van der Waals surface area contributed by atoms with Crippen LogP contribution in [0.25, 0.3) is 0 Å². The van der Waals surface area contributed by atoms with E-state index in [0.717, 1.165) is 0 Å². The van der Waals surface area contributed by atoms with E-state index in [2.05, 4.69) is 14.2 Å². The molecule has 146 valence electrons. The summed E-state index contributed by atoms with van der Waals surface area (Å²) in [6.45, 7) is 7.98. The van der Waals surface area contributed by atoms with Gasteiger partial charge in [0.05, 0.1) is 0 Å². The van der Waals surface area contributed by atoms with Gasteiger partial charge in [0, 0.05) is 20.4 Å². The summed E-state index contributed by atoms with van der Waals surface area (Å²) in [6.07, 6.45) is -1.45. The van der Waals surface area contributed by atoms with E-state index in [9.17, 15) is 23.7 Å². The summed E-state index contributed by atoms with van der Waals surface area (Å²) in [5.74, 6) is -1.61. The number of carbonyl (C=O) groups is 4.